The third-order valence-electron chi connectivity index (χ3n) is 3.22. The van der Waals surface area contributed by atoms with Gasteiger partial charge in [0.2, 0.25) is 0 Å². The van der Waals surface area contributed by atoms with E-state index in [2.05, 4.69) is 40.5 Å². The first-order valence-electron chi connectivity index (χ1n) is 7.14. The van der Waals surface area contributed by atoms with Gasteiger partial charge < -0.3 is 10.1 Å². The number of benzene rings is 1. The van der Waals surface area contributed by atoms with Crippen LogP contribution in [0.25, 0.3) is 0 Å². The molecule has 0 bridgehead atoms. The molecule has 1 aliphatic rings. The number of morpholine rings is 1. The first-order chi connectivity index (χ1) is 9.45. The Bertz CT molecular complexity index is 328. The van der Waals surface area contributed by atoms with Crippen molar-refractivity contribution in [2.24, 2.45) is 0 Å². The minimum Gasteiger partial charge on any atom is -0.379 e. The molecule has 0 aromatic heterocycles. The van der Waals surface area contributed by atoms with Crippen molar-refractivity contribution in [1.82, 2.24) is 10.2 Å². The molecule has 0 radical (unpaired) electrons. The van der Waals surface area contributed by atoms with E-state index in [9.17, 15) is 0 Å². The van der Waals surface area contributed by atoms with Crippen LogP contribution < -0.4 is 5.32 Å². The van der Waals surface area contributed by atoms with Crippen molar-refractivity contribution in [3.05, 3.63) is 30.3 Å². The van der Waals surface area contributed by atoms with Crippen molar-refractivity contribution in [1.29, 1.82) is 0 Å². The van der Waals surface area contributed by atoms with Crippen LogP contribution in [-0.4, -0.2) is 56.6 Å². The molecular formula is C15H24N2OS. The van der Waals surface area contributed by atoms with Crippen LogP contribution in [0.2, 0.25) is 0 Å². The standard InChI is InChI=1S/C15H24N2OS/c1-2-5-15(6-3-1)19-14-8-16-7-4-9-17-10-12-18-13-11-17/h1-3,5-6,16H,4,7-14H2. The van der Waals surface area contributed by atoms with Crippen molar-refractivity contribution in [3.8, 4) is 0 Å². The molecule has 0 atom stereocenters. The van der Waals surface area contributed by atoms with Crippen LogP contribution in [0.15, 0.2) is 35.2 Å². The molecule has 1 aromatic rings. The molecule has 2 rings (SSSR count). The second-order valence-corrected chi connectivity index (χ2v) is 5.89. The molecule has 0 unspecified atom stereocenters. The summed E-state index contributed by atoms with van der Waals surface area (Å²) >= 11 is 1.92. The van der Waals surface area contributed by atoms with E-state index in [-0.39, 0.29) is 0 Å². The monoisotopic (exact) mass is 280 g/mol. The topological polar surface area (TPSA) is 24.5 Å². The fourth-order valence-corrected chi connectivity index (χ4v) is 2.97. The van der Waals surface area contributed by atoms with Gasteiger partial charge in [0.1, 0.15) is 0 Å². The Morgan fingerprint density at radius 3 is 2.68 bits per heavy atom. The van der Waals surface area contributed by atoms with Crippen LogP contribution in [0, 0.1) is 0 Å². The second-order valence-electron chi connectivity index (χ2n) is 4.72. The van der Waals surface area contributed by atoms with Gasteiger partial charge in [-0.3, -0.25) is 4.90 Å². The zero-order valence-corrected chi connectivity index (χ0v) is 12.3. The Labute approximate surface area is 120 Å². The summed E-state index contributed by atoms with van der Waals surface area (Å²) in [5.74, 6) is 1.14. The highest BCUT2D eigenvalue weighted by Gasteiger charge is 2.08. The van der Waals surface area contributed by atoms with Crippen molar-refractivity contribution in [2.75, 3.05) is 51.7 Å². The zero-order chi connectivity index (χ0) is 13.2. The van der Waals surface area contributed by atoms with E-state index in [1.807, 2.05) is 11.8 Å². The average molecular weight is 280 g/mol. The maximum atomic E-state index is 5.34. The molecule has 3 nitrogen and oxygen atoms in total. The molecule has 106 valence electrons. The van der Waals surface area contributed by atoms with Gasteiger partial charge >= 0.3 is 0 Å². The van der Waals surface area contributed by atoms with Gasteiger partial charge in [0.15, 0.2) is 0 Å². The van der Waals surface area contributed by atoms with E-state index in [1.165, 1.54) is 17.9 Å². The fourth-order valence-electron chi connectivity index (χ4n) is 2.14. The lowest BCUT2D eigenvalue weighted by atomic mass is 10.3. The van der Waals surface area contributed by atoms with Gasteiger partial charge in [-0.1, -0.05) is 18.2 Å². The third-order valence-corrected chi connectivity index (χ3v) is 4.24. The first kappa shape index (κ1) is 14.9. The summed E-state index contributed by atoms with van der Waals surface area (Å²) in [6.45, 7) is 7.41. The number of hydrogen-bond donors (Lipinski definition) is 1. The second kappa shape index (κ2) is 9.37. The van der Waals surface area contributed by atoms with Crippen LogP contribution in [0.5, 0.6) is 0 Å². The molecule has 0 amide bonds. The maximum Gasteiger partial charge on any atom is 0.0594 e. The molecule has 1 N–H and O–H groups in total. The van der Waals surface area contributed by atoms with Gasteiger partial charge in [-0.05, 0) is 31.6 Å². The summed E-state index contributed by atoms with van der Waals surface area (Å²) < 4.78 is 5.34. The molecule has 19 heavy (non-hydrogen) atoms. The molecule has 1 saturated heterocycles. The molecule has 4 heteroatoms. The van der Waals surface area contributed by atoms with Crippen molar-refractivity contribution in [2.45, 2.75) is 11.3 Å². The largest absolute Gasteiger partial charge is 0.379 e. The molecule has 0 aliphatic carbocycles. The number of hydrogen-bond acceptors (Lipinski definition) is 4. The van der Waals surface area contributed by atoms with Gasteiger partial charge in [-0.25, -0.2) is 0 Å². The predicted octanol–water partition coefficient (Wildman–Crippen LogP) is 2.09. The molecule has 1 heterocycles. The smallest absolute Gasteiger partial charge is 0.0594 e. The molecular weight excluding hydrogens is 256 g/mol. The third kappa shape index (κ3) is 6.43. The number of rotatable bonds is 8. The van der Waals surface area contributed by atoms with Crippen LogP contribution in [0.3, 0.4) is 0 Å². The van der Waals surface area contributed by atoms with Crippen molar-refractivity contribution < 1.29 is 4.74 Å². The predicted molar refractivity (Wildman–Crippen MR) is 81.9 cm³/mol. The van der Waals surface area contributed by atoms with Crippen LogP contribution in [0.4, 0.5) is 0 Å². The van der Waals surface area contributed by atoms with E-state index in [0.717, 1.165) is 45.1 Å². The maximum absolute atomic E-state index is 5.34. The number of nitrogens with one attached hydrogen (secondary N) is 1. The Hall–Kier alpha value is -0.550. The van der Waals surface area contributed by atoms with Crippen LogP contribution in [0.1, 0.15) is 6.42 Å². The summed E-state index contributed by atoms with van der Waals surface area (Å²) in [7, 11) is 0. The van der Waals surface area contributed by atoms with E-state index < -0.39 is 0 Å². The fraction of sp³-hybridized carbons (Fsp3) is 0.600. The highest BCUT2D eigenvalue weighted by molar-refractivity contribution is 7.99. The summed E-state index contributed by atoms with van der Waals surface area (Å²) in [5.41, 5.74) is 0. The molecule has 1 aromatic carbocycles. The Balaban J connectivity index is 1.42. The van der Waals surface area contributed by atoms with E-state index in [0.29, 0.717) is 0 Å². The normalized spacial score (nSPS) is 16.6. The van der Waals surface area contributed by atoms with E-state index in [1.54, 1.807) is 0 Å². The summed E-state index contributed by atoms with van der Waals surface area (Å²) in [4.78, 5) is 3.85. The Morgan fingerprint density at radius 1 is 1.11 bits per heavy atom. The lowest BCUT2D eigenvalue weighted by Gasteiger charge is -2.26. The SMILES string of the molecule is c1ccc(SCCNCCCN2CCOCC2)cc1. The van der Waals surface area contributed by atoms with Gasteiger partial charge in [0.25, 0.3) is 0 Å². The summed E-state index contributed by atoms with van der Waals surface area (Å²) in [6.07, 6.45) is 1.23. The Morgan fingerprint density at radius 2 is 1.89 bits per heavy atom. The first-order valence-corrected chi connectivity index (χ1v) is 8.12. The molecule has 1 fully saturated rings. The van der Waals surface area contributed by atoms with Crippen LogP contribution in [-0.2, 0) is 4.74 Å². The van der Waals surface area contributed by atoms with Gasteiger partial charge in [0, 0.05) is 30.3 Å². The molecule has 0 spiro atoms. The van der Waals surface area contributed by atoms with Gasteiger partial charge in [-0.15, -0.1) is 11.8 Å². The van der Waals surface area contributed by atoms with Crippen molar-refractivity contribution in [3.63, 3.8) is 0 Å². The highest BCUT2D eigenvalue weighted by Crippen LogP contribution is 2.15. The number of thioether (sulfide) groups is 1. The minimum absolute atomic E-state index is 0.904. The summed E-state index contributed by atoms with van der Waals surface area (Å²) in [5, 5.41) is 3.52. The van der Waals surface area contributed by atoms with Gasteiger partial charge in [0.05, 0.1) is 13.2 Å². The number of ether oxygens (including phenoxy) is 1. The lowest BCUT2D eigenvalue weighted by molar-refractivity contribution is 0.0375. The van der Waals surface area contributed by atoms with Crippen LogP contribution >= 0.6 is 11.8 Å². The summed E-state index contributed by atoms with van der Waals surface area (Å²) in [6, 6.07) is 10.6. The van der Waals surface area contributed by atoms with Crippen molar-refractivity contribution >= 4 is 11.8 Å². The average Bonchev–Trinajstić information content (AvgIpc) is 2.48. The quantitative estimate of drug-likeness (QED) is 0.582. The molecule has 1 aliphatic heterocycles. The highest BCUT2D eigenvalue weighted by atomic mass is 32.2. The van der Waals surface area contributed by atoms with E-state index >= 15 is 0 Å². The Kier molecular flexibility index (Phi) is 7.32. The van der Waals surface area contributed by atoms with Gasteiger partial charge in [-0.2, -0.15) is 0 Å². The van der Waals surface area contributed by atoms with E-state index in [4.69, 9.17) is 4.74 Å². The number of nitrogens with zero attached hydrogens (tertiary/aromatic N) is 1. The minimum atomic E-state index is 0.904. The zero-order valence-electron chi connectivity index (χ0n) is 11.5. The molecule has 0 saturated carbocycles. The lowest BCUT2D eigenvalue weighted by Crippen LogP contribution is -2.37.